The Hall–Kier alpha value is -4.06. The molecule has 0 aliphatic heterocycles. The van der Waals surface area contributed by atoms with Gasteiger partial charge in [0.2, 0.25) is 5.91 Å². The van der Waals surface area contributed by atoms with Gasteiger partial charge in [-0.3, -0.25) is 19.2 Å². The minimum atomic E-state index is -0.559. The summed E-state index contributed by atoms with van der Waals surface area (Å²) in [7, 11) is 0. The minimum Gasteiger partial charge on any atom is -0.366 e. The molecule has 1 aliphatic carbocycles. The second kappa shape index (κ2) is 6.59. The highest BCUT2D eigenvalue weighted by atomic mass is 16.2. The molecule has 28 heavy (non-hydrogen) atoms. The highest BCUT2D eigenvalue weighted by Crippen LogP contribution is 2.28. The first-order chi connectivity index (χ1) is 13.5. The molecule has 0 saturated heterocycles. The summed E-state index contributed by atoms with van der Waals surface area (Å²) in [6.07, 6.45) is 0. The summed E-state index contributed by atoms with van der Waals surface area (Å²) in [4.78, 5) is 49.0. The number of rotatable bonds is 3. The van der Waals surface area contributed by atoms with Crippen LogP contribution in [0, 0.1) is 0 Å². The Morgan fingerprint density at radius 3 is 1.82 bits per heavy atom. The van der Waals surface area contributed by atoms with Gasteiger partial charge < -0.3 is 11.1 Å². The molecule has 4 rings (SSSR count). The van der Waals surface area contributed by atoms with Gasteiger partial charge in [0.25, 0.3) is 5.91 Å². The van der Waals surface area contributed by atoms with E-state index in [9.17, 15) is 19.2 Å². The summed E-state index contributed by atoms with van der Waals surface area (Å²) in [5, 5.41) is 2.69. The molecule has 2 amide bonds. The molecule has 3 aromatic rings. The first kappa shape index (κ1) is 17.4. The van der Waals surface area contributed by atoms with E-state index in [4.69, 9.17) is 5.73 Å². The highest BCUT2D eigenvalue weighted by molar-refractivity contribution is 6.28. The first-order valence-corrected chi connectivity index (χ1v) is 8.49. The van der Waals surface area contributed by atoms with Crippen molar-refractivity contribution in [3.63, 3.8) is 0 Å². The molecule has 3 N–H and O–H groups in total. The van der Waals surface area contributed by atoms with Crippen LogP contribution in [-0.4, -0.2) is 23.4 Å². The first-order valence-electron chi connectivity index (χ1n) is 8.49. The van der Waals surface area contributed by atoms with E-state index in [0.29, 0.717) is 22.4 Å². The fourth-order valence-electron chi connectivity index (χ4n) is 3.16. The molecule has 6 heteroatoms. The van der Waals surface area contributed by atoms with Crippen LogP contribution in [0.15, 0.2) is 66.7 Å². The van der Waals surface area contributed by atoms with Crippen molar-refractivity contribution >= 4 is 29.1 Å². The van der Waals surface area contributed by atoms with Crippen molar-refractivity contribution in [1.29, 1.82) is 0 Å². The van der Waals surface area contributed by atoms with Gasteiger partial charge in [0.1, 0.15) is 0 Å². The third-order valence-corrected chi connectivity index (χ3v) is 4.61. The van der Waals surface area contributed by atoms with Gasteiger partial charge in [0, 0.05) is 39.1 Å². The number of carbonyl (C=O) groups is 4. The van der Waals surface area contributed by atoms with Crippen LogP contribution in [0.5, 0.6) is 0 Å². The number of amides is 2. The lowest BCUT2D eigenvalue weighted by atomic mass is 9.83. The number of ketones is 2. The van der Waals surface area contributed by atoms with Gasteiger partial charge in [-0.05, 0) is 42.5 Å². The normalized spacial score (nSPS) is 12.1. The Bertz CT molecular complexity index is 1160. The average Bonchev–Trinajstić information content (AvgIpc) is 2.72. The van der Waals surface area contributed by atoms with E-state index in [1.807, 2.05) is 0 Å². The van der Waals surface area contributed by atoms with Crippen LogP contribution < -0.4 is 11.1 Å². The number of primary amides is 1. The van der Waals surface area contributed by atoms with Gasteiger partial charge in [-0.15, -0.1) is 0 Å². The van der Waals surface area contributed by atoms with Crippen LogP contribution >= 0.6 is 0 Å². The second-order valence-corrected chi connectivity index (χ2v) is 6.36. The lowest BCUT2D eigenvalue weighted by molar-refractivity contribution is 0.0978. The number of nitrogens with two attached hydrogens (primary N) is 1. The maximum absolute atomic E-state index is 12.8. The van der Waals surface area contributed by atoms with Crippen molar-refractivity contribution in [3.05, 3.63) is 100 Å². The van der Waals surface area contributed by atoms with Gasteiger partial charge in [-0.25, -0.2) is 0 Å². The fourth-order valence-corrected chi connectivity index (χ4v) is 3.16. The molecule has 0 unspecified atom stereocenters. The van der Waals surface area contributed by atoms with E-state index in [0.717, 1.165) is 0 Å². The molecule has 0 saturated carbocycles. The van der Waals surface area contributed by atoms with E-state index >= 15 is 0 Å². The number of nitrogens with one attached hydrogen (secondary N) is 1. The van der Waals surface area contributed by atoms with E-state index in [-0.39, 0.29) is 28.3 Å². The zero-order valence-electron chi connectivity index (χ0n) is 14.6. The van der Waals surface area contributed by atoms with Crippen LogP contribution in [0.3, 0.4) is 0 Å². The van der Waals surface area contributed by atoms with E-state index in [2.05, 4.69) is 5.32 Å². The molecular formula is C22H14N2O4. The molecule has 1 aliphatic rings. The molecule has 0 aromatic heterocycles. The summed E-state index contributed by atoms with van der Waals surface area (Å²) < 4.78 is 0. The molecule has 136 valence electrons. The number of benzene rings is 3. The molecule has 0 bridgehead atoms. The van der Waals surface area contributed by atoms with Crippen molar-refractivity contribution in [1.82, 2.24) is 0 Å². The Labute approximate surface area is 160 Å². The second-order valence-electron chi connectivity index (χ2n) is 6.36. The minimum absolute atomic E-state index is 0.209. The fraction of sp³-hybridized carbons (Fsp3) is 0. The number of hydrogen-bond acceptors (Lipinski definition) is 4. The van der Waals surface area contributed by atoms with Crippen molar-refractivity contribution in [2.75, 3.05) is 5.32 Å². The standard InChI is InChI=1S/C22H14N2O4/c23-21(27)12-5-8-14(9-6-12)24-22(28)13-7-10-17-18(11-13)20(26)16-4-2-1-3-15(16)19(17)25/h1-11H,(H2,23,27)(H,24,28). The molecule has 0 spiro atoms. The van der Waals surface area contributed by atoms with Gasteiger partial charge in [-0.1, -0.05) is 24.3 Å². The Balaban J connectivity index is 1.63. The number of fused-ring (bicyclic) bond motifs is 2. The van der Waals surface area contributed by atoms with Crippen molar-refractivity contribution in [2.24, 2.45) is 5.73 Å². The largest absolute Gasteiger partial charge is 0.366 e. The summed E-state index contributed by atoms with van der Waals surface area (Å²) in [5.74, 6) is -1.52. The Morgan fingerprint density at radius 2 is 1.21 bits per heavy atom. The topological polar surface area (TPSA) is 106 Å². The summed E-state index contributed by atoms with van der Waals surface area (Å²) in [6, 6.07) is 17.2. The zero-order chi connectivity index (χ0) is 19.8. The van der Waals surface area contributed by atoms with E-state index in [1.54, 1.807) is 36.4 Å². The Kier molecular flexibility index (Phi) is 4.08. The van der Waals surface area contributed by atoms with Crippen LogP contribution in [0.2, 0.25) is 0 Å². The van der Waals surface area contributed by atoms with Gasteiger partial charge in [0.05, 0.1) is 0 Å². The lowest BCUT2D eigenvalue weighted by Crippen LogP contribution is -2.22. The third kappa shape index (κ3) is 2.87. The van der Waals surface area contributed by atoms with Crippen molar-refractivity contribution in [2.45, 2.75) is 0 Å². The zero-order valence-corrected chi connectivity index (χ0v) is 14.6. The average molecular weight is 370 g/mol. The third-order valence-electron chi connectivity index (χ3n) is 4.61. The van der Waals surface area contributed by atoms with Crippen LogP contribution in [-0.2, 0) is 0 Å². The molecule has 3 aromatic carbocycles. The van der Waals surface area contributed by atoms with Crippen molar-refractivity contribution < 1.29 is 19.2 Å². The number of anilines is 1. The monoisotopic (exact) mass is 370 g/mol. The van der Waals surface area contributed by atoms with E-state index < -0.39 is 11.8 Å². The predicted octanol–water partition coefficient (Wildman–Crippen LogP) is 2.81. The van der Waals surface area contributed by atoms with Crippen LogP contribution in [0.25, 0.3) is 0 Å². The Morgan fingerprint density at radius 1 is 0.679 bits per heavy atom. The smallest absolute Gasteiger partial charge is 0.255 e. The molecule has 0 atom stereocenters. The van der Waals surface area contributed by atoms with Crippen LogP contribution in [0.4, 0.5) is 5.69 Å². The molecule has 0 heterocycles. The molecule has 6 nitrogen and oxygen atoms in total. The molecule has 0 fully saturated rings. The summed E-state index contributed by atoms with van der Waals surface area (Å²) >= 11 is 0. The molecular weight excluding hydrogens is 356 g/mol. The number of hydrogen-bond donors (Lipinski definition) is 2. The maximum Gasteiger partial charge on any atom is 0.255 e. The van der Waals surface area contributed by atoms with Gasteiger partial charge >= 0.3 is 0 Å². The van der Waals surface area contributed by atoms with Gasteiger partial charge in [0.15, 0.2) is 11.6 Å². The molecule has 0 radical (unpaired) electrons. The maximum atomic E-state index is 12.8. The SMILES string of the molecule is NC(=O)c1ccc(NC(=O)c2ccc3c(c2)C(=O)c2ccccc2C3=O)cc1. The predicted molar refractivity (Wildman–Crippen MR) is 103 cm³/mol. The van der Waals surface area contributed by atoms with Crippen molar-refractivity contribution in [3.8, 4) is 0 Å². The lowest BCUT2D eigenvalue weighted by Gasteiger charge is -2.18. The van der Waals surface area contributed by atoms with E-state index in [1.165, 1.54) is 30.3 Å². The van der Waals surface area contributed by atoms with Gasteiger partial charge in [-0.2, -0.15) is 0 Å². The highest BCUT2D eigenvalue weighted by Gasteiger charge is 2.29. The van der Waals surface area contributed by atoms with Crippen LogP contribution in [0.1, 0.15) is 52.6 Å². The summed E-state index contributed by atoms with van der Waals surface area (Å²) in [5.41, 5.74) is 7.44. The summed E-state index contributed by atoms with van der Waals surface area (Å²) in [6.45, 7) is 0. The number of carbonyl (C=O) groups excluding carboxylic acids is 4. The quantitative estimate of drug-likeness (QED) is 0.578.